The van der Waals surface area contributed by atoms with Gasteiger partial charge in [-0.3, -0.25) is 0 Å². The van der Waals surface area contributed by atoms with Crippen molar-refractivity contribution in [2.24, 2.45) is 0 Å². The summed E-state index contributed by atoms with van der Waals surface area (Å²) in [4.78, 5) is 0. The first kappa shape index (κ1) is 15.7. The van der Waals surface area contributed by atoms with E-state index in [0.29, 0.717) is 13.2 Å². The van der Waals surface area contributed by atoms with Gasteiger partial charge in [0.25, 0.3) is 0 Å². The maximum absolute atomic E-state index is 6.21. The van der Waals surface area contributed by atoms with E-state index >= 15 is 0 Å². The zero-order valence-corrected chi connectivity index (χ0v) is 14.2. The van der Waals surface area contributed by atoms with Gasteiger partial charge in [0.05, 0.1) is 6.61 Å². The van der Waals surface area contributed by atoms with Crippen LogP contribution in [-0.2, 0) is 6.54 Å². The van der Waals surface area contributed by atoms with Crippen LogP contribution in [-0.4, -0.2) is 6.61 Å². The fraction of sp³-hybridized carbons (Fsp3) is 0.200. The van der Waals surface area contributed by atoms with Crippen LogP contribution in [0.5, 0.6) is 5.75 Å². The van der Waals surface area contributed by atoms with Gasteiger partial charge in [-0.25, -0.2) is 0 Å². The molecule has 0 aliphatic carbocycles. The lowest BCUT2D eigenvalue weighted by atomic mass is 10.0. The quantitative estimate of drug-likeness (QED) is 0.639. The number of ether oxygens (including phenoxy) is 1. The van der Waals surface area contributed by atoms with Gasteiger partial charge in [-0.05, 0) is 48.4 Å². The molecule has 3 aromatic rings. The average Bonchev–Trinajstić information content (AvgIpc) is 2.57. The summed E-state index contributed by atoms with van der Waals surface area (Å²) < 4.78 is 5.81. The summed E-state index contributed by atoms with van der Waals surface area (Å²) >= 11 is 6.21. The van der Waals surface area contributed by atoms with Crippen molar-refractivity contribution in [2.75, 3.05) is 11.9 Å². The highest BCUT2D eigenvalue weighted by atomic mass is 35.5. The summed E-state index contributed by atoms with van der Waals surface area (Å²) in [6, 6.07) is 18.6. The highest BCUT2D eigenvalue weighted by Gasteiger charge is 2.09. The van der Waals surface area contributed by atoms with E-state index in [1.807, 2.05) is 38.1 Å². The summed E-state index contributed by atoms with van der Waals surface area (Å²) in [5, 5.41) is 6.66. The fourth-order valence-electron chi connectivity index (χ4n) is 2.68. The van der Waals surface area contributed by atoms with Crippen molar-refractivity contribution in [3.63, 3.8) is 0 Å². The largest absolute Gasteiger partial charge is 0.494 e. The Morgan fingerprint density at radius 3 is 2.65 bits per heavy atom. The van der Waals surface area contributed by atoms with Crippen molar-refractivity contribution in [1.29, 1.82) is 0 Å². The Bertz CT molecular complexity index is 829. The van der Waals surface area contributed by atoms with Crippen LogP contribution in [0.4, 0.5) is 5.69 Å². The minimum atomic E-state index is 0.654. The molecular formula is C20H20ClNO. The van der Waals surface area contributed by atoms with Crippen molar-refractivity contribution in [3.8, 4) is 5.75 Å². The molecule has 3 heteroatoms. The SMILES string of the molecule is CCOc1ccc2ccccc2c1CNc1ccc(C)c(Cl)c1. The molecule has 0 amide bonds. The number of nitrogens with one attached hydrogen (secondary N) is 1. The second-order valence-electron chi connectivity index (χ2n) is 5.51. The molecule has 0 heterocycles. The maximum atomic E-state index is 6.21. The van der Waals surface area contributed by atoms with Crippen LogP contribution in [0.1, 0.15) is 18.1 Å². The van der Waals surface area contributed by atoms with E-state index in [1.165, 1.54) is 16.3 Å². The standard InChI is InChI=1S/C20H20ClNO/c1-3-23-20-11-9-15-6-4-5-7-17(15)18(20)13-22-16-10-8-14(2)19(21)12-16/h4-12,22H,3,13H2,1-2H3. The Morgan fingerprint density at radius 1 is 1.04 bits per heavy atom. The molecule has 3 aromatic carbocycles. The smallest absolute Gasteiger partial charge is 0.124 e. The first-order valence-corrected chi connectivity index (χ1v) is 8.20. The van der Waals surface area contributed by atoms with Crippen molar-refractivity contribution in [3.05, 3.63) is 70.7 Å². The molecule has 0 spiro atoms. The molecule has 118 valence electrons. The number of hydrogen-bond acceptors (Lipinski definition) is 2. The third-order valence-electron chi connectivity index (χ3n) is 3.94. The number of fused-ring (bicyclic) bond motifs is 1. The predicted molar refractivity (Wildman–Crippen MR) is 98.6 cm³/mol. The van der Waals surface area contributed by atoms with E-state index in [0.717, 1.165) is 22.0 Å². The highest BCUT2D eigenvalue weighted by molar-refractivity contribution is 6.31. The van der Waals surface area contributed by atoms with Gasteiger partial charge in [0.15, 0.2) is 0 Å². The van der Waals surface area contributed by atoms with Crippen molar-refractivity contribution in [2.45, 2.75) is 20.4 Å². The first-order valence-electron chi connectivity index (χ1n) is 7.82. The molecule has 0 saturated heterocycles. The molecule has 0 radical (unpaired) electrons. The van der Waals surface area contributed by atoms with Crippen molar-refractivity contribution < 1.29 is 4.74 Å². The van der Waals surface area contributed by atoms with E-state index in [4.69, 9.17) is 16.3 Å². The van der Waals surface area contributed by atoms with E-state index in [9.17, 15) is 0 Å². The molecule has 23 heavy (non-hydrogen) atoms. The summed E-state index contributed by atoms with van der Waals surface area (Å²) in [6.45, 7) is 5.36. The summed E-state index contributed by atoms with van der Waals surface area (Å²) in [6.07, 6.45) is 0. The third kappa shape index (κ3) is 3.43. The van der Waals surface area contributed by atoms with Gasteiger partial charge >= 0.3 is 0 Å². The van der Waals surface area contributed by atoms with Crippen LogP contribution in [0.2, 0.25) is 5.02 Å². The van der Waals surface area contributed by atoms with E-state index in [-0.39, 0.29) is 0 Å². The molecule has 3 rings (SSSR count). The summed E-state index contributed by atoms with van der Waals surface area (Å²) in [5.74, 6) is 0.928. The molecule has 0 unspecified atom stereocenters. The second kappa shape index (κ2) is 6.93. The van der Waals surface area contributed by atoms with Gasteiger partial charge in [-0.1, -0.05) is 48.0 Å². The number of rotatable bonds is 5. The zero-order chi connectivity index (χ0) is 16.2. The summed E-state index contributed by atoms with van der Waals surface area (Å²) in [7, 11) is 0. The van der Waals surface area contributed by atoms with Crippen LogP contribution in [0.25, 0.3) is 10.8 Å². The maximum Gasteiger partial charge on any atom is 0.124 e. The first-order chi connectivity index (χ1) is 11.2. The number of aryl methyl sites for hydroxylation is 1. The minimum Gasteiger partial charge on any atom is -0.494 e. The van der Waals surface area contributed by atoms with E-state index < -0.39 is 0 Å². The topological polar surface area (TPSA) is 21.3 Å². The predicted octanol–water partition coefficient (Wildman–Crippen LogP) is 5.81. The lowest BCUT2D eigenvalue weighted by molar-refractivity contribution is 0.337. The molecule has 0 saturated carbocycles. The van der Waals surface area contributed by atoms with Gasteiger partial charge in [0.2, 0.25) is 0 Å². The molecule has 0 atom stereocenters. The third-order valence-corrected chi connectivity index (χ3v) is 4.35. The summed E-state index contributed by atoms with van der Waals surface area (Å²) in [5.41, 5.74) is 3.26. The van der Waals surface area contributed by atoms with Gasteiger partial charge in [-0.2, -0.15) is 0 Å². The number of benzene rings is 3. The van der Waals surface area contributed by atoms with Crippen molar-refractivity contribution >= 4 is 28.1 Å². The van der Waals surface area contributed by atoms with Crippen LogP contribution in [0, 0.1) is 6.92 Å². The van der Waals surface area contributed by atoms with Crippen LogP contribution in [0.3, 0.4) is 0 Å². The Hall–Kier alpha value is -2.19. The molecule has 1 N–H and O–H groups in total. The van der Waals surface area contributed by atoms with Crippen LogP contribution >= 0.6 is 11.6 Å². The Kier molecular flexibility index (Phi) is 4.73. The van der Waals surface area contributed by atoms with Gasteiger partial charge < -0.3 is 10.1 Å². The Balaban J connectivity index is 1.93. The number of anilines is 1. The Morgan fingerprint density at radius 2 is 1.87 bits per heavy atom. The highest BCUT2D eigenvalue weighted by Crippen LogP contribution is 2.29. The zero-order valence-electron chi connectivity index (χ0n) is 13.4. The van der Waals surface area contributed by atoms with Gasteiger partial charge in [0.1, 0.15) is 5.75 Å². The lowest BCUT2D eigenvalue weighted by Crippen LogP contribution is -2.04. The van der Waals surface area contributed by atoms with Crippen LogP contribution in [0.15, 0.2) is 54.6 Å². The molecular weight excluding hydrogens is 306 g/mol. The Labute approximate surface area is 142 Å². The molecule has 0 aliphatic rings. The van der Waals surface area contributed by atoms with Crippen molar-refractivity contribution in [1.82, 2.24) is 0 Å². The molecule has 0 fully saturated rings. The molecule has 0 aromatic heterocycles. The van der Waals surface area contributed by atoms with E-state index in [1.54, 1.807) is 0 Å². The van der Waals surface area contributed by atoms with Crippen LogP contribution < -0.4 is 10.1 Å². The number of hydrogen-bond donors (Lipinski definition) is 1. The molecule has 2 nitrogen and oxygen atoms in total. The van der Waals surface area contributed by atoms with Gasteiger partial charge in [0, 0.05) is 22.8 Å². The molecule has 0 aliphatic heterocycles. The minimum absolute atomic E-state index is 0.654. The number of halogens is 1. The molecule has 0 bridgehead atoms. The van der Waals surface area contributed by atoms with Gasteiger partial charge in [-0.15, -0.1) is 0 Å². The fourth-order valence-corrected chi connectivity index (χ4v) is 2.86. The normalized spacial score (nSPS) is 10.7. The second-order valence-corrected chi connectivity index (χ2v) is 5.92. The lowest BCUT2D eigenvalue weighted by Gasteiger charge is -2.15. The van der Waals surface area contributed by atoms with E-state index in [2.05, 4.69) is 35.6 Å². The monoisotopic (exact) mass is 325 g/mol. The average molecular weight is 326 g/mol.